The van der Waals surface area contributed by atoms with Crippen molar-refractivity contribution in [3.05, 3.63) is 39.5 Å². The molecule has 0 bridgehead atoms. The van der Waals surface area contributed by atoms with Crippen LogP contribution in [0.15, 0.2) is 24.4 Å². The highest BCUT2D eigenvalue weighted by Crippen LogP contribution is 2.31. The normalized spacial score (nSPS) is 10.3. The predicted octanol–water partition coefficient (Wildman–Crippen LogP) is 3.81. The molecule has 88 valence electrons. The van der Waals surface area contributed by atoms with Crippen LogP contribution in [0.1, 0.15) is 0 Å². The zero-order valence-electron chi connectivity index (χ0n) is 8.32. The topological polar surface area (TPSA) is 61.0 Å². The first-order valence-electron chi connectivity index (χ1n) is 4.47. The minimum Gasteiger partial charge on any atom is -0.437 e. The first kappa shape index (κ1) is 12.2. The van der Waals surface area contributed by atoms with Gasteiger partial charge in [0.15, 0.2) is 0 Å². The molecule has 0 saturated heterocycles. The van der Waals surface area contributed by atoms with E-state index in [1.54, 1.807) is 18.2 Å². The summed E-state index contributed by atoms with van der Waals surface area (Å²) < 4.78 is 5.42. The Morgan fingerprint density at radius 1 is 1.06 bits per heavy atom. The van der Waals surface area contributed by atoms with E-state index in [1.165, 1.54) is 6.20 Å². The Morgan fingerprint density at radius 2 is 1.82 bits per heavy atom. The van der Waals surface area contributed by atoms with Gasteiger partial charge in [0.2, 0.25) is 11.8 Å². The molecular weight excluding hydrogens is 284 g/mol. The summed E-state index contributed by atoms with van der Waals surface area (Å²) in [5.41, 5.74) is 5.43. The summed E-state index contributed by atoms with van der Waals surface area (Å²) in [6, 6.07) is 4.80. The van der Waals surface area contributed by atoms with Crippen LogP contribution in [0, 0.1) is 0 Å². The minimum atomic E-state index is 0.0736. The van der Waals surface area contributed by atoms with Gasteiger partial charge >= 0.3 is 0 Å². The average Bonchev–Trinajstić information content (AvgIpc) is 2.29. The molecule has 0 amide bonds. The fourth-order valence-corrected chi connectivity index (χ4v) is 1.51. The van der Waals surface area contributed by atoms with Crippen molar-refractivity contribution in [2.24, 2.45) is 0 Å². The van der Waals surface area contributed by atoms with Crippen LogP contribution in [0.3, 0.4) is 0 Å². The molecule has 2 N–H and O–H groups in total. The SMILES string of the molecule is Nc1ncc(Cl)c(Oc2ccc(Cl)c(Cl)c2)n1. The third-order valence-corrected chi connectivity index (χ3v) is 2.83. The van der Waals surface area contributed by atoms with Gasteiger partial charge in [-0.15, -0.1) is 0 Å². The average molecular weight is 291 g/mol. The quantitative estimate of drug-likeness (QED) is 0.913. The molecule has 0 unspecified atom stereocenters. The molecule has 0 radical (unpaired) electrons. The van der Waals surface area contributed by atoms with Gasteiger partial charge in [-0.25, -0.2) is 4.98 Å². The lowest BCUT2D eigenvalue weighted by molar-refractivity contribution is 0.463. The van der Waals surface area contributed by atoms with Crippen molar-refractivity contribution < 1.29 is 4.74 Å². The molecule has 7 heteroatoms. The van der Waals surface area contributed by atoms with Gasteiger partial charge in [-0.1, -0.05) is 34.8 Å². The monoisotopic (exact) mass is 289 g/mol. The summed E-state index contributed by atoms with van der Waals surface area (Å²) in [5, 5.41) is 1.07. The molecule has 0 aliphatic heterocycles. The van der Waals surface area contributed by atoms with Crippen molar-refractivity contribution in [2.45, 2.75) is 0 Å². The third-order valence-electron chi connectivity index (χ3n) is 1.84. The summed E-state index contributed by atoms with van der Waals surface area (Å²) in [5.74, 6) is 0.696. The summed E-state index contributed by atoms with van der Waals surface area (Å²) in [4.78, 5) is 7.58. The fourth-order valence-electron chi connectivity index (χ4n) is 1.09. The Bertz CT molecular complexity index is 562. The molecule has 0 fully saturated rings. The third kappa shape index (κ3) is 2.91. The number of hydrogen-bond acceptors (Lipinski definition) is 4. The largest absolute Gasteiger partial charge is 0.437 e. The Kier molecular flexibility index (Phi) is 3.57. The van der Waals surface area contributed by atoms with Gasteiger partial charge in [-0.3, -0.25) is 0 Å². The smallest absolute Gasteiger partial charge is 0.243 e. The number of nitrogens with two attached hydrogens (primary N) is 1. The number of halogens is 3. The van der Waals surface area contributed by atoms with Crippen LogP contribution in [0.5, 0.6) is 11.6 Å². The maximum Gasteiger partial charge on any atom is 0.243 e. The van der Waals surface area contributed by atoms with E-state index in [4.69, 9.17) is 45.3 Å². The number of aromatic nitrogens is 2. The Balaban J connectivity index is 2.31. The summed E-state index contributed by atoms with van der Waals surface area (Å²) in [6.45, 7) is 0. The van der Waals surface area contributed by atoms with Crippen molar-refractivity contribution >= 4 is 40.8 Å². The zero-order valence-corrected chi connectivity index (χ0v) is 10.6. The number of benzene rings is 1. The van der Waals surface area contributed by atoms with E-state index in [9.17, 15) is 0 Å². The van der Waals surface area contributed by atoms with E-state index < -0.39 is 0 Å². The zero-order chi connectivity index (χ0) is 12.4. The standard InChI is InChI=1S/C10H6Cl3N3O/c11-6-2-1-5(3-7(6)12)17-9-8(13)4-15-10(14)16-9/h1-4H,(H2,14,15,16). The van der Waals surface area contributed by atoms with E-state index >= 15 is 0 Å². The number of ether oxygens (including phenoxy) is 1. The lowest BCUT2D eigenvalue weighted by Crippen LogP contribution is -1.97. The van der Waals surface area contributed by atoms with Crippen LogP contribution in [0.25, 0.3) is 0 Å². The molecule has 4 nitrogen and oxygen atoms in total. The molecule has 0 atom stereocenters. The molecule has 2 aromatic rings. The number of nitrogens with zero attached hydrogens (tertiary/aromatic N) is 2. The second kappa shape index (κ2) is 4.96. The highest BCUT2D eigenvalue weighted by Gasteiger charge is 2.08. The maximum atomic E-state index is 5.85. The summed E-state index contributed by atoms with van der Waals surface area (Å²) in [7, 11) is 0. The summed E-state index contributed by atoms with van der Waals surface area (Å²) in [6.07, 6.45) is 1.36. The molecule has 0 spiro atoms. The van der Waals surface area contributed by atoms with Crippen molar-refractivity contribution in [1.29, 1.82) is 0 Å². The maximum absolute atomic E-state index is 5.85. The second-order valence-corrected chi connectivity index (χ2v) is 4.28. The molecule has 0 aliphatic carbocycles. The van der Waals surface area contributed by atoms with Gasteiger partial charge in [-0.2, -0.15) is 4.98 Å². The molecule has 0 saturated carbocycles. The highest BCUT2D eigenvalue weighted by molar-refractivity contribution is 6.42. The number of hydrogen-bond donors (Lipinski definition) is 1. The molecular formula is C10H6Cl3N3O. The Labute approximate surface area is 112 Å². The van der Waals surface area contributed by atoms with Crippen molar-refractivity contribution in [1.82, 2.24) is 9.97 Å². The van der Waals surface area contributed by atoms with Crippen LogP contribution in [-0.2, 0) is 0 Å². The first-order chi connectivity index (χ1) is 8.06. The number of rotatable bonds is 2. The van der Waals surface area contributed by atoms with Gasteiger partial charge < -0.3 is 10.5 Å². The molecule has 1 aromatic heterocycles. The highest BCUT2D eigenvalue weighted by atomic mass is 35.5. The lowest BCUT2D eigenvalue weighted by atomic mass is 10.3. The van der Waals surface area contributed by atoms with Gasteiger partial charge in [0, 0.05) is 6.07 Å². The van der Waals surface area contributed by atoms with Gasteiger partial charge in [0.1, 0.15) is 10.8 Å². The van der Waals surface area contributed by atoms with Crippen molar-refractivity contribution in [3.8, 4) is 11.6 Å². The van der Waals surface area contributed by atoms with E-state index in [-0.39, 0.29) is 16.9 Å². The van der Waals surface area contributed by atoms with Gasteiger partial charge in [0.25, 0.3) is 0 Å². The number of nitrogen functional groups attached to an aromatic ring is 1. The Morgan fingerprint density at radius 3 is 2.53 bits per heavy atom. The molecule has 2 rings (SSSR count). The number of anilines is 1. The van der Waals surface area contributed by atoms with Gasteiger partial charge in [-0.05, 0) is 12.1 Å². The molecule has 1 aromatic carbocycles. The minimum absolute atomic E-state index is 0.0736. The molecule has 17 heavy (non-hydrogen) atoms. The predicted molar refractivity (Wildman–Crippen MR) is 68.0 cm³/mol. The van der Waals surface area contributed by atoms with Crippen molar-refractivity contribution in [3.63, 3.8) is 0 Å². The Hall–Kier alpha value is -1.23. The van der Waals surface area contributed by atoms with E-state index in [2.05, 4.69) is 9.97 Å². The van der Waals surface area contributed by atoms with Crippen LogP contribution < -0.4 is 10.5 Å². The van der Waals surface area contributed by atoms with Crippen LogP contribution >= 0.6 is 34.8 Å². The first-order valence-corrected chi connectivity index (χ1v) is 5.60. The lowest BCUT2D eigenvalue weighted by Gasteiger charge is -2.07. The van der Waals surface area contributed by atoms with Crippen molar-refractivity contribution in [2.75, 3.05) is 5.73 Å². The molecule has 1 heterocycles. The van der Waals surface area contributed by atoms with Crippen LogP contribution in [0.4, 0.5) is 5.95 Å². The second-order valence-electron chi connectivity index (χ2n) is 3.06. The summed E-state index contributed by atoms with van der Waals surface area (Å²) >= 11 is 17.5. The van der Waals surface area contributed by atoms with Crippen LogP contribution in [-0.4, -0.2) is 9.97 Å². The van der Waals surface area contributed by atoms with E-state index in [0.29, 0.717) is 15.8 Å². The fraction of sp³-hybridized carbons (Fsp3) is 0. The van der Waals surface area contributed by atoms with E-state index in [1.807, 2.05) is 0 Å². The van der Waals surface area contributed by atoms with E-state index in [0.717, 1.165) is 0 Å². The van der Waals surface area contributed by atoms with Gasteiger partial charge in [0.05, 0.1) is 16.2 Å². The van der Waals surface area contributed by atoms with Crippen LogP contribution in [0.2, 0.25) is 15.1 Å². The molecule has 0 aliphatic rings.